The van der Waals surface area contributed by atoms with Gasteiger partial charge < -0.3 is 15.0 Å². The van der Waals surface area contributed by atoms with Gasteiger partial charge in [0.2, 0.25) is 0 Å². The summed E-state index contributed by atoms with van der Waals surface area (Å²) in [5, 5.41) is 20.5. The van der Waals surface area contributed by atoms with Crippen LogP contribution in [-0.4, -0.2) is 34.3 Å². The van der Waals surface area contributed by atoms with E-state index in [1.807, 2.05) is 30.3 Å². The van der Waals surface area contributed by atoms with Gasteiger partial charge in [-0.1, -0.05) is 30.3 Å². The molecule has 0 saturated carbocycles. The molecule has 1 aromatic rings. The lowest BCUT2D eigenvalue weighted by Gasteiger charge is -2.42. The van der Waals surface area contributed by atoms with Crippen LogP contribution in [0.5, 0.6) is 0 Å². The summed E-state index contributed by atoms with van der Waals surface area (Å²) in [6.45, 7) is 0.494. The lowest BCUT2D eigenvalue weighted by Crippen LogP contribution is -2.71. The van der Waals surface area contributed by atoms with Crippen LogP contribution < -0.4 is 10.5 Å². The van der Waals surface area contributed by atoms with Crippen LogP contribution in [0.4, 0.5) is 4.79 Å². The van der Waals surface area contributed by atoms with Crippen molar-refractivity contribution < 1.29 is 24.4 Å². The van der Waals surface area contributed by atoms with Gasteiger partial charge in [-0.3, -0.25) is 4.79 Å². The molecule has 19 heavy (non-hydrogen) atoms. The molecule has 1 fully saturated rings. The van der Waals surface area contributed by atoms with Gasteiger partial charge in [-0.2, -0.15) is 4.59 Å². The highest BCUT2D eigenvalue weighted by Gasteiger charge is 2.40. The van der Waals surface area contributed by atoms with Crippen LogP contribution in [0.25, 0.3) is 0 Å². The minimum atomic E-state index is -1.30. The first-order chi connectivity index (χ1) is 9.03. The Kier molecular flexibility index (Phi) is 3.82. The van der Waals surface area contributed by atoms with Gasteiger partial charge in [0.25, 0.3) is 6.09 Å². The first kappa shape index (κ1) is 13.5. The first-order valence-electron chi connectivity index (χ1n) is 6.17. The van der Waals surface area contributed by atoms with Gasteiger partial charge in [-0.15, -0.1) is 5.43 Å². The second-order valence-corrected chi connectivity index (χ2v) is 4.76. The summed E-state index contributed by atoms with van der Waals surface area (Å²) in [6.07, 6.45) is -0.336. The highest BCUT2D eigenvalue weighted by molar-refractivity contribution is 5.73. The number of quaternary nitrogens is 1. The monoisotopic (exact) mass is 264 g/mol. The van der Waals surface area contributed by atoms with Gasteiger partial charge in [0, 0.05) is 12.0 Å². The van der Waals surface area contributed by atoms with Gasteiger partial charge in [-0.25, -0.2) is 0 Å². The molecular weight excluding hydrogens is 248 g/mol. The van der Waals surface area contributed by atoms with E-state index in [2.05, 4.69) is 5.43 Å². The molecule has 0 aliphatic carbocycles. The summed E-state index contributed by atoms with van der Waals surface area (Å²) in [5.74, 6) is -1.03. The van der Waals surface area contributed by atoms with E-state index < -0.39 is 22.7 Å². The van der Waals surface area contributed by atoms with Crippen molar-refractivity contribution >= 4 is 12.1 Å². The molecular formula is C13H16N2O4. The Morgan fingerprint density at radius 3 is 2.63 bits per heavy atom. The maximum absolute atomic E-state index is 11.5. The molecule has 1 aliphatic heterocycles. The maximum atomic E-state index is 11.5. The van der Waals surface area contributed by atoms with Crippen LogP contribution in [0.1, 0.15) is 18.4 Å². The highest BCUT2D eigenvalue weighted by Crippen LogP contribution is 2.19. The van der Waals surface area contributed by atoms with Crippen LogP contribution >= 0.6 is 0 Å². The number of hydrogen-bond donors (Lipinski definition) is 2. The fraction of sp³-hybridized carbons (Fsp3) is 0.385. The van der Waals surface area contributed by atoms with Crippen molar-refractivity contribution in [2.45, 2.75) is 25.4 Å². The molecule has 0 radical (unpaired) electrons. The minimum absolute atomic E-state index is 0.174. The van der Waals surface area contributed by atoms with Crippen molar-refractivity contribution in [1.29, 1.82) is 0 Å². The van der Waals surface area contributed by atoms with Crippen molar-refractivity contribution in [1.82, 2.24) is 5.43 Å². The Morgan fingerprint density at radius 1 is 1.37 bits per heavy atom. The molecule has 0 bridgehead atoms. The molecule has 1 heterocycles. The smallest absolute Gasteiger partial charge is 0.326 e. The summed E-state index contributed by atoms with van der Waals surface area (Å²) >= 11 is 0. The number of nitrogens with one attached hydrogen (secondary N) is 1. The number of amides is 1. The average Bonchev–Trinajstić information content (AvgIpc) is 2.40. The van der Waals surface area contributed by atoms with E-state index in [9.17, 15) is 14.7 Å². The third-order valence-corrected chi connectivity index (χ3v) is 3.38. The van der Waals surface area contributed by atoms with Gasteiger partial charge in [0.05, 0.1) is 0 Å². The van der Waals surface area contributed by atoms with Gasteiger partial charge >= 0.3 is 5.97 Å². The van der Waals surface area contributed by atoms with E-state index >= 15 is 0 Å². The second-order valence-electron chi connectivity index (χ2n) is 4.76. The topological polar surface area (TPSA) is 89.5 Å². The quantitative estimate of drug-likeness (QED) is 0.756. The highest BCUT2D eigenvalue weighted by atomic mass is 16.4. The summed E-state index contributed by atoms with van der Waals surface area (Å²) in [6, 6.07) is 8.26. The van der Waals surface area contributed by atoms with Crippen LogP contribution in [0, 0.1) is 0 Å². The molecule has 2 N–H and O–H groups in total. The molecule has 1 saturated heterocycles. The van der Waals surface area contributed by atoms with Crippen LogP contribution in [-0.2, 0) is 11.3 Å². The third kappa shape index (κ3) is 2.91. The fourth-order valence-electron chi connectivity index (χ4n) is 2.40. The van der Waals surface area contributed by atoms with Crippen molar-refractivity contribution in [3.8, 4) is 0 Å². The molecule has 102 valence electrons. The van der Waals surface area contributed by atoms with E-state index in [4.69, 9.17) is 5.11 Å². The number of rotatable bonds is 3. The molecule has 0 spiro atoms. The zero-order valence-corrected chi connectivity index (χ0v) is 10.4. The Bertz CT molecular complexity index is 477. The van der Waals surface area contributed by atoms with Crippen LogP contribution in [0.3, 0.4) is 0 Å². The Morgan fingerprint density at radius 2 is 2.05 bits per heavy atom. The van der Waals surface area contributed by atoms with E-state index in [0.29, 0.717) is 19.4 Å². The summed E-state index contributed by atoms with van der Waals surface area (Å²) < 4.78 is -0.541. The summed E-state index contributed by atoms with van der Waals surface area (Å²) in [4.78, 5) is 22.5. The third-order valence-electron chi connectivity index (χ3n) is 3.38. The lowest BCUT2D eigenvalue weighted by atomic mass is 10.1. The van der Waals surface area contributed by atoms with Crippen LogP contribution in [0.2, 0.25) is 0 Å². The molecule has 1 amide bonds. The number of benzene rings is 1. The largest absolute Gasteiger partial charge is 0.497 e. The normalized spacial score (nSPS) is 26.8. The van der Waals surface area contributed by atoms with E-state index in [0.717, 1.165) is 5.56 Å². The average molecular weight is 264 g/mol. The van der Waals surface area contributed by atoms with Gasteiger partial charge in [-0.05, 0) is 6.42 Å². The fourth-order valence-corrected chi connectivity index (χ4v) is 2.40. The molecule has 2 atom stereocenters. The number of aliphatic carboxylic acids is 1. The Labute approximate surface area is 110 Å². The number of hydrogen-bond acceptors (Lipinski definition) is 4. The van der Waals surface area contributed by atoms with Crippen molar-refractivity contribution in [2.75, 3.05) is 6.54 Å². The predicted octanol–water partition coefficient (Wildman–Crippen LogP) is 0.0983. The maximum Gasteiger partial charge on any atom is 0.326 e. The first-order valence-corrected chi connectivity index (χ1v) is 6.17. The van der Waals surface area contributed by atoms with Gasteiger partial charge in [0.1, 0.15) is 13.1 Å². The minimum Gasteiger partial charge on any atom is -0.497 e. The lowest BCUT2D eigenvalue weighted by molar-refractivity contribution is -0.936. The zero-order valence-electron chi connectivity index (χ0n) is 10.4. The van der Waals surface area contributed by atoms with Crippen molar-refractivity contribution in [3.63, 3.8) is 0 Å². The summed E-state index contributed by atoms with van der Waals surface area (Å²) in [5.41, 5.74) is 3.51. The van der Waals surface area contributed by atoms with Crippen molar-refractivity contribution in [3.05, 3.63) is 35.9 Å². The predicted molar refractivity (Wildman–Crippen MR) is 64.5 cm³/mol. The molecule has 6 heteroatoms. The van der Waals surface area contributed by atoms with E-state index in [-0.39, 0.29) is 6.54 Å². The molecule has 1 aromatic carbocycles. The molecule has 2 rings (SSSR count). The molecule has 1 aliphatic rings. The number of carboxylic acid groups (broad SMARTS) is 2. The standard InChI is InChI=1S/C13H16N2O4/c16-12(17)11-7-4-8-15(14-11,13(18)19)9-10-5-2-1-3-6-10/h1-3,5-6,11,14H,4,7-9H2,(H-,16,17,18,19)/t11-,15?/m0/s1. The Balaban J connectivity index is 2.23. The summed E-state index contributed by atoms with van der Waals surface area (Å²) in [7, 11) is 0. The molecule has 0 aromatic heterocycles. The number of nitrogens with zero attached hydrogens (tertiary/aromatic N) is 1. The van der Waals surface area contributed by atoms with Gasteiger partial charge in [0.15, 0.2) is 6.04 Å². The SMILES string of the molecule is O=C(O)[C@@H]1CCC[N+](Cc2ccccc2)(C(=O)[O-])N1. The Hall–Kier alpha value is -1.92. The number of carbonyl (C=O) groups excluding carboxylic acids is 1. The van der Waals surface area contributed by atoms with E-state index in [1.54, 1.807) is 0 Å². The zero-order chi connectivity index (χ0) is 13.9. The number of carbonyl (C=O) groups is 2. The second kappa shape index (κ2) is 5.38. The number of carboxylic acids is 1. The van der Waals surface area contributed by atoms with Crippen molar-refractivity contribution in [2.24, 2.45) is 0 Å². The molecule has 1 unspecified atom stereocenters. The molecule has 6 nitrogen and oxygen atoms in total. The van der Waals surface area contributed by atoms with E-state index in [1.165, 1.54) is 0 Å². The van der Waals surface area contributed by atoms with Crippen LogP contribution in [0.15, 0.2) is 30.3 Å².